The molecule has 13 heavy (non-hydrogen) atoms. The van der Waals surface area contributed by atoms with Gasteiger partial charge in [0.05, 0.1) is 0 Å². The highest BCUT2D eigenvalue weighted by atomic mass is 19.1. The van der Waals surface area contributed by atoms with Crippen molar-refractivity contribution in [1.82, 2.24) is 14.9 Å². The van der Waals surface area contributed by atoms with Gasteiger partial charge in [0, 0.05) is 32.0 Å². The van der Waals surface area contributed by atoms with Crippen LogP contribution >= 0.6 is 0 Å². The molecule has 0 aromatic carbocycles. The van der Waals surface area contributed by atoms with E-state index in [1.54, 1.807) is 6.20 Å². The third-order valence-electron chi connectivity index (χ3n) is 2.39. The van der Waals surface area contributed by atoms with Gasteiger partial charge < -0.3 is 9.88 Å². The molecule has 2 heterocycles. The van der Waals surface area contributed by atoms with Crippen molar-refractivity contribution >= 4 is 0 Å². The quantitative estimate of drug-likeness (QED) is 0.759. The van der Waals surface area contributed by atoms with Gasteiger partial charge in [0.15, 0.2) is 5.67 Å². The lowest BCUT2D eigenvalue weighted by molar-refractivity contribution is 0.0741. The number of nitrogens with zero attached hydrogens (tertiary/aromatic N) is 2. The molecule has 1 N–H and O–H groups in total. The van der Waals surface area contributed by atoms with Gasteiger partial charge >= 0.3 is 0 Å². The van der Waals surface area contributed by atoms with Gasteiger partial charge in [-0.3, -0.25) is 0 Å². The Morgan fingerprint density at radius 3 is 3.00 bits per heavy atom. The fourth-order valence-electron chi connectivity index (χ4n) is 1.63. The van der Waals surface area contributed by atoms with E-state index in [4.69, 9.17) is 0 Å². The van der Waals surface area contributed by atoms with E-state index in [0.717, 1.165) is 13.0 Å². The molecule has 1 fully saturated rings. The first-order chi connectivity index (χ1) is 6.26. The van der Waals surface area contributed by atoms with Crippen LogP contribution in [0.1, 0.15) is 19.2 Å². The average Bonchev–Trinajstić information content (AvgIpc) is 2.49. The summed E-state index contributed by atoms with van der Waals surface area (Å²) in [7, 11) is 0. The maximum absolute atomic E-state index is 13.9. The van der Waals surface area contributed by atoms with E-state index in [-0.39, 0.29) is 0 Å². The Hall–Kier alpha value is -0.900. The molecule has 0 radical (unpaired) electrons. The smallest absolute Gasteiger partial charge is 0.192 e. The third-order valence-corrected chi connectivity index (χ3v) is 2.39. The zero-order valence-corrected chi connectivity index (χ0v) is 7.76. The molecule has 72 valence electrons. The summed E-state index contributed by atoms with van der Waals surface area (Å²) in [4.78, 5) is 4.08. The largest absolute Gasteiger partial charge is 0.332 e. The van der Waals surface area contributed by atoms with Gasteiger partial charge in [0.1, 0.15) is 5.82 Å². The van der Waals surface area contributed by atoms with Crippen LogP contribution in [0.5, 0.6) is 0 Å². The SMILES string of the molecule is CCCn1ccnc1C1(F)CNC1. The van der Waals surface area contributed by atoms with Crippen LogP contribution in [0.2, 0.25) is 0 Å². The number of aromatic nitrogens is 2. The Balaban J connectivity index is 2.23. The van der Waals surface area contributed by atoms with Crippen molar-refractivity contribution in [3.8, 4) is 0 Å². The van der Waals surface area contributed by atoms with Crippen LogP contribution in [-0.4, -0.2) is 22.6 Å². The second-order valence-electron chi connectivity index (χ2n) is 3.51. The van der Waals surface area contributed by atoms with Crippen molar-refractivity contribution < 1.29 is 4.39 Å². The zero-order chi connectivity index (χ0) is 9.31. The van der Waals surface area contributed by atoms with Gasteiger partial charge in [-0.2, -0.15) is 0 Å². The molecule has 0 aliphatic carbocycles. The summed E-state index contributed by atoms with van der Waals surface area (Å²) >= 11 is 0. The minimum atomic E-state index is -1.22. The molecule has 2 rings (SSSR count). The first-order valence-electron chi connectivity index (χ1n) is 4.67. The molecular weight excluding hydrogens is 169 g/mol. The maximum Gasteiger partial charge on any atom is 0.192 e. The number of nitrogens with one attached hydrogen (secondary N) is 1. The minimum Gasteiger partial charge on any atom is -0.332 e. The van der Waals surface area contributed by atoms with E-state index in [2.05, 4.69) is 17.2 Å². The molecule has 0 unspecified atom stereocenters. The fraction of sp³-hybridized carbons (Fsp3) is 0.667. The molecular formula is C9H14FN3. The number of hydrogen-bond donors (Lipinski definition) is 1. The summed E-state index contributed by atoms with van der Waals surface area (Å²) < 4.78 is 15.8. The molecule has 0 amide bonds. The number of aryl methyl sites for hydroxylation is 1. The van der Waals surface area contributed by atoms with Gasteiger partial charge in [-0.1, -0.05) is 6.92 Å². The van der Waals surface area contributed by atoms with Crippen LogP contribution in [0.4, 0.5) is 4.39 Å². The lowest BCUT2D eigenvalue weighted by Crippen LogP contribution is -2.55. The molecule has 4 heteroatoms. The van der Waals surface area contributed by atoms with Crippen molar-refractivity contribution in [3.63, 3.8) is 0 Å². The van der Waals surface area contributed by atoms with E-state index in [1.807, 2.05) is 10.8 Å². The monoisotopic (exact) mass is 183 g/mol. The van der Waals surface area contributed by atoms with E-state index in [9.17, 15) is 4.39 Å². The molecule has 1 aromatic heterocycles. The van der Waals surface area contributed by atoms with Crippen LogP contribution < -0.4 is 5.32 Å². The van der Waals surface area contributed by atoms with Gasteiger partial charge in [-0.05, 0) is 6.42 Å². The van der Waals surface area contributed by atoms with Gasteiger partial charge in [-0.25, -0.2) is 9.37 Å². The van der Waals surface area contributed by atoms with E-state index in [0.29, 0.717) is 18.9 Å². The Kier molecular flexibility index (Phi) is 2.07. The number of rotatable bonds is 3. The highest BCUT2D eigenvalue weighted by Gasteiger charge is 2.42. The normalized spacial score (nSPS) is 19.8. The zero-order valence-electron chi connectivity index (χ0n) is 7.76. The average molecular weight is 183 g/mol. The van der Waals surface area contributed by atoms with E-state index in [1.165, 1.54) is 0 Å². The third kappa shape index (κ3) is 1.35. The van der Waals surface area contributed by atoms with E-state index < -0.39 is 5.67 Å². The van der Waals surface area contributed by atoms with Crippen LogP contribution in [0.3, 0.4) is 0 Å². The number of alkyl halides is 1. The topological polar surface area (TPSA) is 29.9 Å². The molecule has 1 aliphatic rings. The Labute approximate surface area is 77.0 Å². The molecule has 1 saturated heterocycles. The number of hydrogen-bond acceptors (Lipinski definition) is 2. The minimum absolute atomic E-state index is 0.397. The van der Waals surface area contributed by atoms with E-state index >= 15 is 0 Å². The summed E-state index contributed by atoms with van der Waals surface area (Å²) in [6.45, 7) is 3.72. The second kappa shape index (κ2) is 3.10. The van der Waals surface area contributed by atoms with Crippen molar-refractivity contribution in [2.45, 2.75) is 25.6 Å². The van der Waals surface area contributed by atoms with Crippen LogP contribution in [0, 0.1) is 0 Å². The predicted octanol–water partition coefficient (Wildman–Crippen LogP) is 1.06. The van der Waals surface area contributed by atoms with Crippen molar-refractivity contribution in [3.05, 3.63) is 18.2 Å². The lowest BCUT2D eigenvalue weighted by Gasteiger charge is -2.34. The van der Waals surface area contributed by atoms with Crippen LogP contribution in [0.15, 0.2) is 12.4 Å². The molecule has 3 nitrogen and oxygen atoms in total. The predicted molar refractivity (Wildman–Crippen MR) is 48.2 cm³/mol. The molecule has 0 bridgehead atoms. The molecule has 0 saturated carbocycles. The Morgan fingerprint density at radius 2 is 2.46 bits per heavy atom. The highest BCUT2D eigenvalue weighted by molar-refractivity contribution is 5.12. The van der Waals surface area contributed by atoms with Crippen molar-refractivity contribution in [2.75, 3.05) is 13.1 Å². The second-order valence-corrected chi connectivity index (χ2v) is 3.51. The van der Waals surface area contributed by atoms with Crippen molar-refractivity contribution in [2.24, 2.45) is 0 Å². The molecule has 1 aliphatic heterocycles. The number of imidazole rings is 1. The van der Waals surface area contributed by atoms with Gasteiger partial charge in [-0.15, -0.1) is 0 Å². The summed E-state index contributed by atoms with van der Waals surface area (Å²) in [6.07, 6.45) is 4.52. The molecule has 0 atom stereocenters. The van der Waals surface area contributed by atoms with Crippen molar-refractivity contribution in [1.29, 1.82) is 0 Å². The Bertz CT molecular complexity index is 291. The highest BCUT2D eigenvalue weighted by Crippen LogP contribution is 2.28. The maximum atomic E-state index is 13.9. The van der Waals surface area contributed by atoms with Gasteiger partial charge in [0.2, 0.25) is 0 Å². The van der Waals surface area contributed by atoms with Gasteiger partial charge in [0.25, 0.3) is 0 Å². The summed E-state index contributed by atoms with van der Waals surface area (Å²) in [6, 6.07) is 0. The van der Waals surface area contributed by atoms with Crippen LogP contribution in [-0.2, 0) is 12.2 Å². The fourth-order valence-corrected chi connectivity index (χ4v) is 1.63. The summed E-state index contributed by atoms with van der Waals surface area (Å²) in [5.41, 5.74) is -1.22. The molecule has 1 aromatic rings. The first kappa shape index (κ1) is 8.69. The summed E-state index contributed by atoms with van der Waals surface area (Å²) in [5.74, 6) is 0.577. The lowest BCUT2D eigenvalue weighted by atomic mass is 9.98. The standard InChI is InChI=1S/C9H14FN3/c1-2-4-13-5-3-12-8(13)9(10)6-11-7-9/h3,5,11H,2,4,6-7H2,1H3. The first-order valence-corrected chi connectivity index (χ1v) is 4.67. The summed E-state index contributed by atoms with van der Waals surface area (Å²) in [5, 5.41) is 2.93. The van der Waals surface area contributed by atoms with Crippen LogP contribution in [0.25, 0.3) is 0 Å². The molecule has 0 spiro atoms. The Morgan fingerprint density at radius 1 is 1.69 bits per heavy atom. The number of halogens is 1.